The Morgan fingerprint density at radius 2 is 1.94 bits per heavy atom. The summed E-state index contributed by atoms with van der Waals surface area (Å²) in [5, 5.41) is 0. The number of benzene rings is 1. The van der Waals surface area contributed by atoms with E-state index in [2.05, 4.69) is 4.74 Å². The summed E-state index contributed by atoms with van der Waals surface area (Å²) in [5.41, 5.74) is 6.25. The number of hydrogen-bond acceptors (Lipinski definition) is 3. The van der Waals surface area contributed by atoms with Crippen LogP contribution >= 0.6 is 0 Å². The van der Waals surface area contributed by atoms with Gasteiger partial charge in [-0.2, -0.15) is 0 Å². The van der Waals surface area contributed by atoms with E-state index in [1.54, 1.807) is 6.92 Å². The summed E-state index contributed by atoms with van der Waals surface area (Å²) in [4.78, 5) is 0. The maximum absolute atomic E-state index is 11.9. The molecule has 0 fully saturated rings. The van der Waals surface area contributed by atoms with Gasteiger partial charge in [0.15, 0.2) is 0 Å². The van der Waals surface area contributed by atoms with Gasteiger partial charge in [-0.15, -0.1) is 13.2 Å². The molecule has 90 valence electrons. The van der Waals surface area contributed by atoms with E-state index in [1.165, 1.54) is 19.2 Å². The van der Waals surface area contributed by atoms with Crippen LogP contribution in [0.2, 0.25) is 0 Å². The van der Waals surface area contributed by atoms with Crippen LogP contribution in [-0.2, 0) is 0 Å². The Morgan fingerprint density at radius 1 is 1.31 bits per heavy atom. The molecule has 3 nitrogen and oxygen atoms in total. The first-order chi connectivity index (χ1) is 7.33. The lowest BCUT2D eigenvalue weighted by Crippen LogP contribution is -2.17. The highest BCUT2D eigenvalue weighted by Crippen LogP contribution is 2.31. The summed E-state index contributed by atoms with van der Waals surface area (Å²) in [6.45, 7) is 1.71. The predicted molar refractivity (Wildman–Crippen MR) is 52.3 cm³/mol. The average molecular weight is 235 g/mol. The van der Waals surface area contributed by atoms with Gasteiger partial charge in [0.1, 0.15) is 11.5 Å². The van der Waals surface area contributed by atoms with Gasteiger partial charge >= 0.3 is 6.36 Å². The maximum atomic E-state index is 11.9. The first kappa shape index (κ1) is 12.6. The quantitative estimate of drug-likeness (QED) is 0.875. The third-order valence-electron chi connectivity index (χ3n) is 1.93. The van der Waals surface area contributed by atoms with E-state index in [9.17, 15) is 13.2 Å². The van der Waals surface area contributed by atoms with Crippen molar-refractivity contribution in [2.24, 2.45) is 5.73 Å². The molecule has 0 aliphatic carbocycles. The summed E-state index contributed by atoms with van der Waals surface area (Å²) >= 11 is 0. The Hall–Kier alpha value is -1.43. The predicted octanol–water partition coefficient (Wildman–Crippen LogP) is 2.61. The van der Waals surface area contributed by atoms with Gasteiger partial charge in [-0.3, -0.25) is 0 Å². The van der Waals surface area contributed by atoms with Crippen molar-refractivity contribution in [2.75, 3.05) is 7.11 Å². The number of halogens is 3. The summed E-state index contributed by atoms with van der Waals surface area (Å²) in [7, 11) is 1.36. The summed E-state index contributed by atoms with van der Waals surface area (Å²) in [6, 6.07) is 3.49. The van der Waals surface area contributed by atoms with Crippen LogP contribution in [0.1, 0.15) is 18.5 Å². The molecule has 16 heavy (non-hydrogen) atoms. The number of rotatable bonds is 3. The normalized spacial score (nSPS) is 13.4. The number of hydrogen-bond donors (Lipinski definition) is 1. The Labute approximate surface area is 91.0 Å². The largest absolute Gasteiger partial charge is 0.573 e. The zero-order valence-electron chi connectivity index (χ0n) is 8.84. The first-order valence-electron chi connectivity index (χ1n) is 4.52. The number of methoxy groups -OCH3 is 1. The molecule has 0 saturated carbocycles. The third-order valence-corrected chi connectivity index (χ3v) is 1.93. The molecule has 0 unspecified atom stereocenters. The highest BCUT2D eigenvalue weighted by Gasteiger charge is 2.31. The van der Waals surface area contributed by atoms with Gasteiger partial charge in [0.25, 0.3) is 0 Å². The minimum Gasteiger partial charge on any atom is -0.496 e. The topological polar surface area (TPSA) is 44.5 Å². The van der Waals surface area contributed by atoms with Crippen LogP contribution < -0.4 is 15.2 Å². The number of ether oxygens (including phenoxy) is 2. The second-order valence-electron chi connectivity index (χ2n) is 3.24. The summed E-state index contributed by atoms with van der Waals surface area (Å²) < 4.78 is 44.5. The molecular formula is C10H12F3NO2. The molecule has 0 saturated heterocycles. The lowest BCUT2D eigenvalue weighted by molar-refractivity contribution is -0.274. The molecule has 0 heterocycles. The molecule has 0 amide bonds. The Bertz CT molecular complexity index is 364. The molecule has 1 atom stereocenters. The first-order valence-corrected chi connectivity index (χ1v) is 4.52. The van der Waals surface area contributed by atoms with E-state index in [0.717, 1.165) is 6.07 Å². The van der Waals surface area contributed by atoms with Crippen molar-refractivity contribution >= 4 is 0 Å². The Kier molecular flexibility index (Phi) is 3.64. The Balaban J connectivity index is 3.00. The fourth-order valence-electron chi connectivity index (χ4n) is 1.26. The smallest absolute Gasteiger partial charge is 0.496 e. The Morgan fingerprint density at radius 3 is 2.38 bits per heavy atom. The van der Waals surface area contributed by atoms with Gasteiger partial charge in [0, 0.05) is 17.7 Å². The van der Waals surface area contributed by atoms with Gasteiger partial charge in [-0.25, -0.2) is 0 Å². The average Bonchev–Trinajstić information content (AvgIpc) is 2.14. The van der Waals surface area contributed by atoms with Crippen molar-refractivity contribution in [1.82, 2.24) is 0 Å². The highest BCUT2D eigenvalue weighted by molar-refractivity contribution is 5.42. The molecule has 0 spiro atoms. The van der Waals surface area contributed by atoms with Crippen molar-refractivity contribution in [3.8, 4) is 11.5 Å². The van der Waals surface area contributed by atoms with Crippen LogP contribution in [0.15, 0.2) is 18.2 Å². The number of nitrogens with two attached hydrogens (primary N) is 1. The van der Waals surface area contributed by atoms with E-state index in [0.29, 0.717) is 5.56 Å². The molecule has 0 bridgehead atoms. The third kappa shape index (κ3) is 3.30. The van der Waals surface area contributed by atoms with Crippen LogP contribution in [0.3, 0.4) is 0 Å². The van der Waals surface area contributed by atoms with Crippen LogP contribution in [0.5, 0.6) is 11.5 Å². The lowest BCUT2D eigenvalue weighted by Gasteiger charge is -2.14. The molecule has 1 aromatic carbocycles. The van der Waals surface area contributed by atoms with Crippen LogP contribution in [0, 0.1) is 0 Å². The molecule has 0 aliphatic rings. The molecule has 1 rings (SSSR count). The SMILES string of the molecule is COc1cc(OC(F)(F)F)ccc1[C@H](C)N. The molecule has 0 aromatic heterocycles. The minimum absolute atomic E-state index is 0.275. The van der Waals surface area contributed by atoms with E-state index in [4.69, 9.17) is 10.5 Å². The van der Waals surface area contributed by atoms with Gasteiger partial charge in [-0.1, -0.05) is 6.07 Å². The molecule has 1 aromatic rings. The monoisotopic (exact) mass is 235 g/mol. The van der Waals surface area contributed by atoms with E-state index >= 15 is 0 Å². The molecule has 2 N–H and O–H groups in total. The number of alkyl halides is 3. The fourth-order valence-corrected chi connectivity index (χ4v) is 1.26. The van der Waals surface area contributed by atoms with Gasteiger partial charge < -0.3 is 15.2 Å². The van der Waals surface area contributed by atoms with Crippen LogP contribution in [0.25, 0.3) is 0 Å². The van der Waals surface area contributed by atoms with Crippen molar-refractivity contribution in [3.05, 3.63) is 23.8 Å². The minimum atomic E-state index is -4.71. The van der Waals surface area contributed by atoms with Crippen molar-refractivity contribution < 1.29 is 22.6 Å². The zero-order chi connectivity index (χ0) is 12.3. The van der Waals surface area contributed by atoms with E-state index in [-0.39, 0.29) is 17.5 Å². The molecular weight excluding hydrogens is 223 g/mol. The summed E-state index contributed by atoms with van der Waals surface area (Å²) in [6.07, 6.45) is -4.71. The van der Waals surface area contributed by atoms with E-state index < -0.39 is 6.36 Å². The van der Waals surface area contributed by atoms with Crippen molar-refractivity contribution in [3.63, 3.8) is 0 Å². The lowest BCUT2D eigenvalue weighted by atomic mass is 10.1. The van der Waals surface area contributed by atoms with Crippen LogP contribution in [-0.4, -0.2) is 13.5 Å². The standard InChI is InChI=1S/C10H12F3NO2/c1-6(14)8-4-3-7(5-9(8)15-2)16-10(11,12)13/h3-6H,14H2,1-2H3/t6-/m0/s1. The second kappa shape index (κ2) is 4.61. The second-order valence-corrected chi connectivity index (χ2v) is 3.24. The van der Waals surface area contributed by atoms with Gasteiger partial charge in [-0.05, 0) is 13.0 Å². The molecule has 0 radical (unpaired) electrons. The van der Waals surface area contributed by atoms with Crippen molar-refractivity contribution in [1.29, 1.82) is 0 Å². The highest BCUT2D eigenvalue weighted by atomic mass is 19.4. The van der Waals surface area contributed by atoms with Gasteiger partial charge in [0.05, 0.1) is 7.11 Å². The van der Waals surface area contributed by atoms with Gasteiger partial charge in [0.2, 0.25) is 0 Å². The van der Waals surface area contributed by atoms with Crippen molar-refractivity contribution in [2.45, 2.75) is 19.3 Å². The van der Waals surface area contributed by atoms with E-state index in [1.807, 2.05) is 0 Å². The fraction of sp³-hybridized carbons (Fsp3) is 0.400. The summed E-state index contributed by atoms with van der Waals surface area (Å²) in [5.74, 6) is -0.0505. The molecule has 6 heteroatoms. The molecule has 0 aliphatic heterocycles. The maximum Gasteiger partial charge on any atom is 0.573 e. The van der Waals surface area contributed by atoms with Crippen LogP contribution in [0.4, 0.5) is 13.2 Å². The zero-order valence-corrected chi connectivity index (χ0v) is 8.84.